The van der Waals surface area contributed by atoms with E-state index in [0.29, 0.717) is 0 Å². The SMILES string of the molecule is CCC1NC(c2cccc(F)c2)N(CCC2CCC2)C1=O. The van der Waals surface area contributed by atoms with Crippen molar-refractivity contribution in [3.05, 3.63) is 35.6 Å². The average molecular weight is 290 g/mol. The van der Waals surface area contributed by atoms with Gasteiger partial charge in [0.2, 0.25) is 5.91 Å². The monoisotopic (exact) mass is 290 g/mol. The van der Waals surface area contributed by atoms with Crippen molar-refractivity contribution >= 4 is 5.91 Å². The van der Waals surface area contributed by atoms with Crippen molar-refractivity contribution in [1.29, 1.82) is 0 Å². The van der Waals surface area contributed by atoms with Crippen LogP contribution in [0.2, 0.25) is 0 Å². The summed E-state index contributed by atoms with van der Waals surface area (Å²) in [5.74, 6) is 0.679. The normalized spacial score (nSPS) is 26.2. The highest BCUT2D eigenvalue weighted by Gasteiger charge is 2.38. The second kappa shape index (κ2) is 6.14. The van der Waals surface area contributed by atoms with Crippen LogP contribution in [0.5, 0.6) is 0 Å². The van der Waals surface area contributed by atoms with E-state index in [1.165, 1.54) is 31.4 Å². The number of benzene rings is 1. The van der Waals surface area contributed by atoms with Crippen LogP contribution in [0.1, 0.15) is 50.8 Å². The largest absolute Gasteiger partial charge is 0.322 e. The van der Waals surface area contributed by atoms with E-state index in [-0.39, 0.29) is 23.9 Å². The molecule has 1 amide bonds. The predicted octanol–water partition coefficient (Wildman–Crippen LogP) is 3.22. The van der Waals surface area contributed by atoms with Crippen molar-refractivity contribution in [3.63, 3.8) is 0 Å². The Hall–Kier alpha value is -1.42. The Morgan fingerprint density at radius 1 is 1.38 bits per heavy atom. The molecule has 114 valence electrons. The van der Waals surface area contributed by atoms with Crippen molar-refractivity contribution in [3.8, 4) is 0 Å². The van der Waals surface area contributed by atoms with E-state index in [2.05, 4.69) is 5.32 Å². The standard InChI is InChI=1S/C17H23FN2O/c1-2-15-17(21)20(10-9-12-5-3-6-12)16(19-15)13-7-4-8-14(18)11-13/h4,7-8,11-12,15-16,19H,2-3,5-6,9-10H2,1H3. The Balaban J connectivity index is 1.76. The molecule has 0 spiro atoms. The summed E-state index contributed by atoms with van der Waals surface area (Å²) in [7, 11) is 0. The molecular formula is C17H23FN2O. The zero-order valence-corrected chi connectivity index (χ0v) is 12.5. The van der Waals surface area contributed by atoms with Crippen LogP contribution in [0.25, 0.3) is 0 Å². The van der Waals surface area contributed by atoms with E-state index in [1.54, 1.807) is 6.07 Å². The molecule has 2 unspecified atom stereocenters. The lowest BCUT2D eigenvalue weighted by Crippen LogP contribution is -2.33. The molecule has 0 aromatic heterocycles. The number of carbonyl (C=O) groups excluding carboxylic acids is 1. The van der Waals surface area contributed by atoms with Gasteiger partial charge in [0.1, 0.15) is 12.0 Å². The Morgan fingerprint density at radius 2 is 2.19 bits per heavy atom. The topological polar surface area (TPSA) is 32.3 Å². The maximum Gasteiger partial charge on any atom is 0.241 e. The molecule has 2 atom stereocenters. The van der Waals surface area contributed by atoms with Crippen molar-refractivity contribution in [1.82, 2.24) is 10.2 Å². The molecule has 1 aromatic rings. The van der Waals surface area contributed by atoms with Gasteiger partial charge in [-0.3, -0.25) is 10.1 Å². The number of hydrogen-bond donors (Lipinski definition) is 1. The lowest BCUT2D eigenvalue weighted by molar-refractivity contribution is -0.130. The molecule has 0 bridgehead atoms. The Kier molecular flexibility index (Phi) is 4.24. The fraction of sp³-hybridized carbons (Fsp3) is 0.588. The van der Waals surface area contributed by atoms with Crippen LogP contribution in [-0.4, -0.2) is 23.4 Å². The summed E-state index contributed by atoms with van der Waals surface area (Å²) in [6.45, 7) is 2.78. The third kappa shape index (κ3) is 2.95. The zero-order chi connectivity index (χ0) is 14.8. The van der Waals surface area contributed by atoms with Crippen LogP contribution in [0, 0.1) is 11.7 Å². The van der Waals surface area contributed by atoms with Crippen LogP contribution in [0.15, 0.2) is 24.3 Å². The summed E-state index contributed by atoms with van der Waals surface area (Å²) in [6.07, 6.45) is 5.55. The maximum absolute atomic E-state index is 13.5. The van der Waals surface area contributed by atoms with Gasteiger partial charge in [0.05, 0.1) is 6.04 Å². The van der Waals surface area contributed by atoms with Crippen LogP contribution in [0.3, 0.4) is 0 Å². The number of nitrogens with one attached hydrogen (secondary N) is 1. The van der Waals surface area contributed by atoms with Gasteiger partial charge in [0.25, 0.3) is 0 Å². The number of hydrogen-bond acceptors (Lipinski definition) is 2. The smallest absolute Gasteiger partial charge is 0.241 e. The Labute approximate surface area is 125 Å². The average Bonchev–Trinajstić information content (AvgIpc) is 2.74. The minimum atomic E-state index is -0.249. The van der Waals surface area contributed by atoms with Crippen LogP contribution >= 0.6 is 0 Å². The van der Waals surface area contributed by atoms with Crippen molar-refractivity contribution in [2.45, 2.75) is 51.2 Å². The molecule has 1 saturated carbocycles. The van der Waals surface area contributed by atoms with Gasteiger partial charge >= 0.3 is 0 Å². The molecule has 2 fully saturated rings. The quantitative estimate of drug-likeness (QED) is 0.903. The second-order valence-corrected chi connectivity index (χ2v) is 6.20. The molecule has 3 nitrogen and oxygen atoms in total. The molecular weight excluding hydrogens is 267 g/mol. The third-order valence-electron chi connectivity index (χ3n) is 4.83. The molecule has 1 saturated heterocycles. The van der Waals surface area contributed by atoms with E-state index in [4.69, 9.17) is 0 Å². The number of amides is 1. The molecule has 1 N–H and O–H groups in total. The molecule has 1 aliphatic carbocycles. The molecule has 2 aliphatic rings. The zero-order valence-electron chi connectivity index (χ0n) is 12.5. The number of halogens is 1. The van der Waals surface area contributed by atoms with E-state index in [0.717, 1.165) is 30.9 Å². The molecule has 1 aliphatic heterocycles. The summed E-state index contributed by atoms with van der Waals surface area (Å²) < 4.78 is 13.5. The molecule has 4 heteroatoms. The van der Waals surface area contributed by atoms with Gasteiger partial charge in [0.15, 0.2) is 0 Å². The van der Waals surface area contributed by atoms with Gasteiger partial charge in [-0.2, -0.15) is 0 Å². The minimum Gasteiger partial charge on any atom is -0.322 e. The van der Waals surface area contributed by atoms with Gasteiger partial charge in [-0.05, 0) is 36.5 Å². The van der Waals surface area contributed by atoms with Crippen molar-refractivity contribution in [2.75, 3.05) is 6.54 Å². The first kappa shape index (κ1) is 14.5. The van der Waals surface area contributed by atoms with Gasteiger partial charge in [0, 0.05) is 6.54 Å². The van der Waals surface area contributed by atoms with Gasteiger partial charge in [-0.15, -0.1) is 0 Å². The van der Waals surface area contributed by atoms with E-state index in [1.807, 2.05) is 17.9 Å². The van der Waals surface area contributed by atoms with Crippen molar-refractivity contribution < 1.29 is 9.18 Å². The van der Waals surface area contributed by atoms with Gasteiger partial charge in [-0.25, -0.2) is 4.39 Å². The fourth-order valence-corrected chi connectivity index (χ4v) is 3.27. The highest BCUT2D eigenvalue weighted by Crippen LogP contribution is 2.32. The number of nitrogens with zero attached hydrogens (tertiary/aromatic N) is 1. The number of rotatable bonds is 5. The first-order valence-electron chi connectivity index (χ1n) is 8.01. The fourth-order valence-electron chi connectivity index (χ4n) is 3.27. The van der Waals surface area contributed by atoms with Crippen LogP contribution < -0.4 is 5.32 Å². The predicted molar refractivity (Wildman–Crippen MR) is 80.0 cm³/mol. The van der Waals surface area contributed by atoms with Crippen LogP contribution in [0.4, 0.5) is 4.39 Å². The molecule has 1 aromatic carbocycles. The first-order valence-corrected chi connectivity index (χ1v) is 8.01. The molecule has 21 heavy (non-hydrogen) atoms. The Bertz CT molecular complexity index is 515. The van der Waals surface area contributed by atoms with Crippen molar-refractivity contribution in [2.24, 2.45) is 5.92 Å². The lowest BCUT2D eigenvalue weighted by atomic mass is 9.83. The van der Waals surface area contributed by atoms with Gasteiger partial charge in [-0.1, -0.05) is 38.3 Å². The van der Waals surface area contributed by atoms with Gasteiger partial charge < -0.3 is 4.90 Å². The molecule has 0 radical (unpaired) electrons. The summed E-state index contributed by atoms with van der Waals surface area (Å²) in [4.78, 5) is 14.4. The van der Waals surface area contributed by atoms with E-state index >= 15 is 0 Å². The van der Waals surface area contributed by atoms with E-state index < -0.39 is 0 Å². The second-order valence-electron chi connectivity index (χ2n) is 6.20. The molecule has 3 rings (SSSR count). The minimum absolute atomic E-state index is 0.139. The highest BCUT2D eigenvalue weighted by molar-refractivity contribution is 5.84. The lowest BCUT2D eigenvalue weighted by Gasteiger charge is -2.30. The first-order chi connectivity index (χ1) is 10.2. The molecule has 1 heterocycles. The third-order valence-corrected chi connectivity index (χ3v) is 4.83. The maximum atomic E-state index is 13.5. The summed E-state index contributed by atoms with van der Waals surface area (Å²) >= 11 is 0. The summed E-state index contributed by atoms with van der Waals surface area (Å²) in [5, 5.41) is 3.35. The van der Waals surface area contributed by atoms with E-state index in [9.17, 15) is 9.18 Å². The summed E-state index contributed by atoms with van der Waals surface area (Å²) in [5.41, 5.74) is 0.841. The van der Waals surface area contributed by atoms with Crippen LogP contribution in [-0.2, 0) is 4.79 Å². The summed E-state index contributed by atoms with van der Waals surface area (Å²) in [6, 6.07) is 6.43. The highest BCUT2D eigenvalue weighted by atomic mass is 19.1. The Morgan fingerprint density at radius 3 is 2.81 bits per heavy atom. The number of carbonyl (C=O) groups is 1.